The van der Waals surface area contributed by atoms with Crippen LogP contribution in [0, 0.1) is 0 Å². The monoisotopic (exact) mass is 193 g/mol. The van der Waals surface area contributed by atoms with Gasteiger partial charge in [0.15, 0.2) is 0 Å². The van der Waals surface area contributed by atoms with Crippen LogP contribution >= 0.6 is 0 Å². The second kappa shape index (κ2) is 3.84. The van der Waals surface area contributed by atoms with Crippen LogP contribution in [0.15, 0.2) is 18.3 Å². The minimum absolute atomic E-state index is 0.101. The predicted molar refractivity (Wildman–Crippen MR) is 54.2 cm³/mol. The largest absolute Gasteiger partial charge is 0.357 e. The summed E-state index contributed by atoms with van der Waals surface area (Å²) in [7, 11) is 0. The highest BCUT2D eigenvalue weighted by Gasteiger charge is 2.24. The first-order valence-electron chi connectivity index (χ1n) is 4.94. The Morgan fingerprint density at radius 3 is 3.14 bits per heavy atom. The van der Waals surface area contributed by atoms with E-state index in [0.717, 1.165) is 19.6 Å². The number of nitrogens with zero attached hydrogens (tertiary/aromatic N) is 1. The average molecular weight is 193 g/mol. The van der Waals surface area contributed by atoms with Crippen LogP contribution in [0.1, 0.15) is 17.4 Å². The fourth-order valence-corrected chi connectivity index (χ4v) is 1.76. The van der Waals surface area contributed by atoms with Crippen molar-refractivity contribution in [1.29, 1.82) is 0 Å². The maximum absolute atomic E-state index is 11.9. The van der Waals surface area contributed by atoms with Gasteiger partial charge in [-0.15, -0.1) is 0 Å². The zero-order valence-electron chi connectivity index (χ0n) is 8.29. The number of carbonyl (C=O) groups is 1. The molecule has 1 atom stereocenters. The molecule has 2 N–H and O–H groups in total. The number of hydrogen-bond donors (Lipinski definition) is 2. The van der Waals surface area contributed by atoms with Crippen LogP contribution in [0.5, 0.6) is 0 Å². The number of rotatable bonds is 1. The van der Waals surface area contributed by atoms with Crippen molar-refractivity contribution in [2.24, 2.45) is 0 Å². The lowest BCUT2D eigenvalue weighted by Crippen LogP contribution is -2.52. The number of aromatic amines is 1. The zero-order valence-corrected chi connectivity index (χ0v) is 8.29. The summed E-state index contributed by atoms with van der Waals surface area (Å²) >= 11 is 0. The second-order valence-electron chi connectivity index (χ2n) is 3.64. The number of carbonyl (C=O) groups excluding carboxylic acids is 1. The molecular weight excluding hydrogens is 178 g/mol. The van der Waals surface area contributed by atoms with Crippen molar-refractivity contribution in [1.82, 2.24) is 15.2 Å². The predicted octanol–water partition coefficient (Wildman–Crippen LogP) is 0.449. The Kier molecular flexibility index (Phi) is 2.54. The number of amides is 1. The lowest BCUT2D eigenvalue weighted by Gasteiger charge is -2.33. The molecule has 0 aliphatic carbocycles. The van der Waals surface area contributed by atoms with Crippen LogP contribution in [0.2, 0.25) is 0 Å². The average Bonchev–Trinajstić information content (AvgIpc) is 2.70. The number of piperazine rings is 1. The number of H-pyrrole nitrogens is 1. The van der Waals surface area contributed by atoms with Crippen molar-refractivity contribution in [2.45, 2.75) is 13.0 Å². The molecule has 0 aromatic carbocycles. The van der Waals surface area contributed by atoms with E-state index >= 15 is 0 Å². The van der Waals surface area contributed by atoms with E-state index in [-0.39, 0.29) is 11.9 Å². The van der Waals surface area contributed by atoms with Gasteiger partial charge in [-0.05, 0) is 19.1 Å². The maximum atomic E-state index is 11.9. The normalized spacial score (nSPS) is 22.4. The van der Waals surface area contributed by atoms with Gasteiger partial charge in [0.1, 0.15) is 5.69 Å². The van der Waals surface area contributed by atoms with Crippen LogP contribution in [0.4, 0.5) is 0 Å². The number of hydrogen-bond acceptors (Lipinski definition) is 2. The molecule has 0 radical (unpaired) electrons. The molecule has 1 aliphatic heterocycles. The Hall–Kier alpha value is -1.29. The Labute approximate surface area is 83.3 Å². The van der Waals surface area contributed by atoms with Gasteiger partial charge in [-0.3, -0.25) is 4.79 Å². The number of nitrogens with one attached hydrogen (secondary N) is 2. The van der Waals surface area contributed by atoms with Gasteiger partial charge in [-0.1, -0.05) is 0 Å². The highest BCUT2D eigenvalue weighted by molar-refractivity contribution is 5.92. The second-order valence-corrected chi connectivity index (χ2v) is 3.64. The summed E-state index contributed by atoms with van der Waals surface area (Å²) in [5.41, 5.74) is 0.679. The van der Waals surface area contributed by atoms with Crippen LogP contribution < -0.4 is 5.32 Å². The van der Waals surface area contributed by atoms with Crippen molar-refractivity contribution in [3.8, 4) is 0 Å². The van der Waals surface area contributed by atoms with Crippen LogP contribution in [-0.2, 0) is 0 Å². The summed E-state index contributed by atoms with van der Waals surface area (Å²) in [6, 6.07) is 3.94. The highest BCUT2D eigenvalue weighted by atomic mass is 16.2. The van der Waals surface area contributed by atoms with Crippen molar-refractivity contribution in [3.63, 3.8) is 0 Å². The van der Waals surface area contributed by atoms with Crippen LogP contribution in [0.3, 0.4) is 0 Å². The van der Waals surface area contributed by atoms with Crippen molar-refractivity contribution >= 4 is 5.91 Å². The van der Waals surface area contributed by atoms with Gasteiger partial charge in [-0.25, -0.2) is 0 Å². The van der Waals surface area contributed by atoms with Gasteiger partial charge in [-0.2, -0.15) is 0 Å². The minimum atomic E-state index is 0.101. The van der Waals surface area contributed by atoms with Gasteiger partial charge < -0.3 is 15.2 Å². The standard InChI is InChI=1S/C10H15N3O/c1-8-7-11-5-6-13(8)10(14)9-3-2-4-12-9/h2-4,8,11-12H,5-7H2,1H3/t8-/m1/s1. The molecule has 4 heteroatoms. The van der Waals surface area contributed by atoms with E-state index in [0.29, 0.717) is 5.69 Å². The zero-order chi connectivity index (χ0) is 9.97. The molecule has 0 saturated carbocycles. The third-order valence-electron chi connectivity index (χ3n) is 2.59. The summed E-state index contributed by atoms with van der Waals surface area (Å²) in [6.45, 7) is 4.62. The SMILES string of the molecule is C[C@@H]1CNCCN1C(=O)c1ccc[nH]1. The first-order valence-corrected chi connectivity index (χ1v) is 4.94. The van der Waals surface area contributed by atoms with E-state index < -0.39 is 0 Å². The maximum Gasteiger partial charge on any atom is 0.270 e. The van der Waals surface area contributed by atoms with E-state index in [9.17, 15) is 4.79 Å². The third-order valence-corrected chi connectivity index (χ3v) is 2.59. The molecule has 4 nitrogen and oxygen atoms in total. The lowest BCUT2D eigenvalue weighted by molar-refractivity contribution is 0.0650. The molecule has 76 valence electrons. The van der Waals surface area contributed by atoms with Gasteiger partial charge in [0.2, 0.25) is 0 Å². The van der Waals surface area contributed by atoms with Crippen molar-refractivity contribution in [3.05, 3.63) is 24.0 Å². The Balaban J connectivity index is 2.10. The molecule has 14 heavy (non-hydrogen) atoms. The molecule has 0 spiro atoms. The summed E-state index contributed by atoms with van der Waals surface area (Å²) in [5, 5.41) is 3.26. The molecule has 0 unspecified atom stereocenters. The molecule has 1 saturated heterocycles. The fourth-order valence-electron chi connectivity index (χ4n) is 1.76. The third kappa shape index (κ3) is 1.65. The van der Waals surface area contributed by atoms with Crippen molar-refractivity contribution in [2.75, 3.05) is 19.6 Å². The van der Waals surface area contributed by atoms with Crippen molar-refractivity contribution < 1.29 is 4.79 Å². The van der Waals surface area contributed by atoms with Gasteiger partial charge in [0, 0.05) is 31.9 Å². The molecule has 1 fully saturated rings. The smallest absolute Gasteiger partial charge is 0.270 e. The molecule has 1 aromatic heterocycles. The minimum Gasteiger partial charge on any atom is -0.357 e. The van der Waals surface area contributed by atoms with Crippen LogP contribution in [0.25, 0.3) is 0 Å². The molecule has 0 bridgehead atoms. The Morgan fingerprint density at radius 1 is 1.64 bits per heavy atom. The van der Waals surface area contributed by atoms with E-state index in [1.165, 1.54) is 0 Å². The summed E-state index contributed by atoms with van der Waals surface area (Å²) in [6.07, 6.45) is 1.78. The van der Waals surface area contributed by atoms with Gasteiger partial charge in [0.25, 0.3) is 5.91 Å². The van der Waals surface area contributed by atoms with Gasteiger partial charge >= 0.3 is 0 Å². The molecule has 1 amide bonds. The molecule has 2 rings (SSSR count). The molecule has 1 aromatic rings. The first-order chi connectivity index (χ1) is 6.79. The molecular formula is C10H15N3O. The van der Waals surface area contributed by atoms with E-state index in [1.54, 1.807) is 6.20 Å². The number of aromatic nitrogens is 1. The van der Waals surface area contributed by atoms with Crippen LogP contribution in [-0.4, -0.2) is 41.5 Å². The summed E-state index contributed by atoms with van der Waals surface area (Å²) < 4.78 is 0. The molecule has 2 heterocycles. The quantitative estimate of drug-likeness (QED) is 0.680. The topological polar surface area (TPSA) is 48.1 Å². The van der Waals surface area contributed by atoms with E-state index in [4.69, 9.17) is 0 Å². The molecule has 1 aliphatic rings. The van der Waals surface area contributed by atoms with Gasteiger partial charge in [0.05, 0.1) is 0 Å². The van der Waals surface area contributed by atoms with E-state index in [2.05, 4.69) is 17.2 Å². The fraction of sp³-hybridized carbons (Fsp3) is 0.500. The Morgan fingerprint density at radius 2 is 2.50 bits per heavy atom. The first kappa shape index (κ1) is 9.27. The summed E-state index contributed by atoms with van der Waals surface area (Å²) in [4.78, 5) is 16.8. The van der Waals surface area contributed by atoms with E-state index in [1.807, 2.05) is 17.0 Å². The highest BCUT2D eigenvalue weighted by Crippen LogP contribution is 2.08. The lowest BCUT2D eigenvalue weighted by atomic mass is 10.2. The Bertz CT molecular complexity index is 307. The summed E-state index contributed by atoms with van der Waals surface area (Å²) in [5.74, 6) is 0.101.